The van der Waals surface area contributed by atoms with E-state index in [4.69, 9.17) is 16.0 Å². The Kier molecular flexibility index (Phi) is 2.40. The Balaban J connectivity index is 1.88. The minimum atomic E-state index is -0.219. The maximum Gasteiger partial charge on any atom is 0.315 e. The lowest BCUT2D eigenvalue weighted by molar-refractivity contribution is 0.505. The van der Waals surface area contributed by atoms with E-state index in [0.29, 0.717) is 11.9 Å². The van der Waals surface area contributed by atoms with Crippen molar-refractivity contribution in [1.82, 2.24) is 10.2 Å². The zero-order valence-corrected chi connectivity index (χ0v) is 8.21. The van der Waals surface area contributed by atoms with E-state index in [-0.39, 0.29) is 5.38 Å². The number of alkyl halides is 1. The molecule has 1 aliphatic carbocycles. The molecular formula is C8H12ClN3O. The lowest BCUT2D eigenvalue weighted by Crippen LogP contribution is -2.02. The highest BCUT2D eigenvalue weighted by Crippen LogP contribution is 2.29. The number of anilines is 1. The minimum absolute atomic E-state index is 0.219. The van der Waals surface area contributed by atoms with Gasteiger partial charge in [0.2, 0.25) is 5.89 Å². The van der Waals surface area contributed by atoms with Crippen LogP contribution >= 0.6 is 11.6 Å². The molecule has 5 heteroatoms. The Hall–Kier alpha value is -0.770. The molecule has 1 fully saturated rings. The van der Waals surface area contributed by atoms with Crippen molar-refractivity contribution in [3.05, 3.63) is 5.89 Å². The second kappa shape index (κ2) is 3.54. The van der Waals surface area contributed by atoms with Crippen LogP contribution in [0.25, 0.3) is 0 Å². The molecule has 0 aliphatic heterocycles. The summed E-state index contributed by atoms with van der Waals surface area (Å²) in [5.41, 5.74) is 0. The van der Waals surface area contributed by atoms with Crippen molar-refractivity contribution < 1.29 is 4.42 Å². The number of nitrogens with zero attached hydrogens (tertiary/aromatic N) is 2. The van der Waals surface area contributed by atoms with E-state index in [1.54, 1.807) is 6.92 Å². The van der Waals surface area contributed by atoms with Gasteiger partial charge in [-0.15, -0.1) is 16.7 Å². The summed E-state index contributed by atoms with van der Waals surface area (Å²) in [7, 11) is 0. The Morgan fingerprint density at radius 3 is 2.92 bits per heavy atom. The van der Waals surface area contributed by atoms with Gasteiger partial charge in [-0.3, -0.25) is 0 Å². The van der Waals surface area contributed by atoms with Gasteiger partial charge < -0.3 is 9.73 Å². The molecule has 1 aromatic rings. The molecule has 0 bridgehead atoms. The van der Waals surface area contributed by atoms with Crippen LogP contribution in [0.2, 0.25) is 0 Å². The van der Waals surface area contributed by atoms with E-state index in [2.05, 4.69) is 15.5 Å². The fourth-order valence-corrected chi connectivity index (χ4v) is 1.11. The Bertz CT molecular complexity index is 283. The summed E-state index contributed by atoms with van der Waals surface area (Å²) in [6.07, 6.45) is 2.61. The van der Waals surface area contributed by atoms with Gasteiger partial charge in [0.05, 0.1) is 0 Å². The van der Waals surface area contributed by atoms with Crippen molar-refractivity contribution in [2.75, 3.05) is 11.9 Å². The summed E-state index contributed by atoms with van der Waals surface area (Å²) in [5.74, 6) is 1.27. The molecule has 13 heavy (non-hydrogen) atoms. The van der Waals surface area contributed by atoms with Crippen LogP contribution in [0.1, 0.15) is 31.0 Å². The molecule has 1 heterocycles. The summed E-state index contributed by atoms with van der Waals surface area (Å²) in [6, 6.07) is 0.481. The van der Waals surface area contributed by atoms with Gasteiger partial charge in [0.15, 0.2) is 0 Å². The summed E-state index contributed by atoms with van der Waals surface area (Å²) >= 11 is 5.77. The van der Waals surface area contributed by atoms with Crippen LogP contribution in [0.4, 0.5) is 6.01 Å². The number of nitrogens with one attached hydrogen (secondary N) is 1. The van der Waals surface area contributed by atoms with Crippen molar-refractivity contribution in [2.45, 2.75) is 25.1 Å². The second-order valence-electron chi connectivity index (χ2n) is 3.39. The van der Waals surface area contributed by atoms with Crippen LogP contribution in [0, 0.1) is 5.92 Å². The number of hydrogen-bond donors (Lipinski definition) is 1. The molecular weight excluding hydrogens is 190 g/mol. The quantitative estimate of drug-likeness (QED) is 0.759. The summed E-state index contributed by atoms with van der Waals surface area (Å²) in [5, 5.41) is 10.5. The standard InChI is InChI=1S/C8H12ClN3O/c1-5(9)7-11-12-8(13-7)10-4-6-2-3-6/h5-6H,2-4H2,1H3,(H,10,12). The SMILES string of the molecule is CC(Cl)c1nnc(NCC2CC2)o1. The Morgan fingerprint density at radius 1 is 1.62 bits per heavy atom. The van der Waals surface area contributed by atoms with Crippen molar-refractivity contribution in [3.8, 4) is 0 Å². The third kappa shape index (κ3) is 2.34. The van der Waals surface area contributed by atoms with Gasteiger partial charge in [-0.25, -0.2) is 0 Å². The molecule has 1 aliphatic rings. The molecule has 1 atom stereocenters. The van der Waals surface area contributed by atoms with E-state index < -0.39 is 0 Å². The minimum Gasteiger partial charge on any atom is -0.407 e. The van der Waals surface area contributed by atoms with Crippen LogP contribution in [-0.2, 0) is 0 Å². The van der Waals surface area contributed by atoms with Crippen molar-refractivity contribution in [2.24, 2.45) is 5.92 Å². The smallest absolute Gasteiger partial charge is 0.315 e. The number of rotatable bonds is 4. The molecule has 0 spiro atoms. The Labute approximate surface area is 81.7 Å². The van der Waals surface area contributed by atoms with Crippen molar-refractivity contribution >= 4 is 17.6 Å². The van der Waals surface area contributed by atoms with E-state index in [9.17, 15) is 0 Å². The average molecular weight is 202 g/mol. The van der Waals surface area contributed by atoms with Crippen LogP contribution in [-0.4, -0.2) is 16.7 Å². The molecule has 0 aromatic carbocycles. The van der Waals surface area contributed by atoms with E-state index >= 15 is 0 Å². The first-order chi connectivity index (χ1) is 6.25. The van der Waals surface area contributed by atoms with E-state index in [1.807, 2.05) is 0 Å². The zero-order chi connectivity index (χ0) is 9.26. The van der Waals surface area contributed by atoms with Crippen LogP contribution in [0.15, 0.2) is 4.42 Å². The highest BCUT2D eigenvalue weighted by Gasteiger charge is 2.21. The molecule has 0 radical (unpaired) electrons. The number of hydrogen-bond acceptors (Lipinski definition) is 4. The third-order valence-corrected chi connectivity index (χ3v) is 2.21. The predicted octanol–water partition coefficient (Wildman–Crippen LogP) is 2.19. The highest BCUT2D eigenvalue weighted by molar-refractivity contribution is 6.20. The zero-order valence-electron chi connectivity index (χ0n) is 7.46. The van der Waals surface area contributed by atoms with Gasteiger partial charge in [0.1, 0.15) is 5.38 Å². The first kappa shape index (κ1) is 8.81. The second-order valence-corrected chi connectivity index (χ2v) is 4.04. The molecule has 72 valence electrons. The molecule has 0 amide bonds. The monoisotopic (exact) mass is 201 g/mol. The lowest BCUT2D eigenvalue weighted by Gasteiger charge is -1.97. The van der Waals surface area contributed by atoms with Crippen molar-refractivity contribution in [1.29, 1.82) is 0 Å². The molecule has 4 nitrogen and oxygen atoms in total. The largest absolute Gasteiger partial charge is 0.407 e. The summed E-state index contributed by atoms with van der Waals surface area (Å²) in [4.78, 5) is 0. The molecule has 2 rings (SSSR count). The van der Waals surface area contributed by atoms with Crippen molar-refractivity contribution in [3.63, 3.8) is 0 Å². The van der Waals surface area contributed by atoms with Gasteiger partial charge in [0, 0.05) is 6.54 Å². The predicted molar refractivity (Wildman–Crippen MR) is 49.8 cm³/mol. The van der Waals surface area contributed by atoms with Crippen LogP contribution < -0.4 is 5.32 Å². The van der Waals surface area contributed by atoms with E-state index in [1.165, 1.54) is 12.8 Å². The first-order valence-electron chi connectivity index (χ1n) is 4.47. The normalized spacial score (nSPS) is 18.6. The molecule has 0 saturated heterocycles. The van der Waals surface area contributed by atoms with Gasteiger partial charge >= 0.3 is 6.01 Å². The number of halogens is 1. The van der Waals surface area contributed by atoms with Gasteiger partial charge in [-0.05, 0) is 25.7 Å². The summed E-state index contributed by atoms with van der Waals surface area (Å²) in [6.45, 7) is 2.73. The van der Waals surface area contributed by atoms with Crippen LogP contribution in [0.5, 0.6) is 0 Å². The average Bonchev–Trinajstić information content (AvgIpc) is 2.79. The Morgan fingerprint density at radius 2 is 2.38 bits per heavy atom. The summed E-state index contributed by atoms with van der Waals surface area (Å²) < 4.78 is 5.26. The maximum absolute atomic E-state index is 5.77. The highest BCUT2D eigenvalue weighted by atomic mass is 35.5. The first-order valence-corrected chi connectivity index (χ1v) is 4.90. The maximum atomic E-state index is 5.77. The molecule has 1 unspecified atom stereocenters. The van der Waals surface area contributed by atoms with Gasteiger partial charge in [-0.2, -0.15) is 0 Å². The van der Waals surface area contributed by atoms with Gasteiger partial charge in [0.25, 0.3) is 0 Å². The van der Waals surface area contributed by atoms with Gasteiger partial charge in [-0.1, -0.05) is 5.10 Å². The van der Waals surface area contributed by atoms with Crippen LogP contribution in [0.3, 0.4) is 0 Å². The van der Waals surface area contributed by atoms with E-state index in [0.717, 1.165) is 12.5 Å². The fraction of sp³-hybridized carbons (Fsp3) is 0.750. The topological polar surface area (TPSA) is 51.0 Å². The molecule has 1 N–H and O–H groups in total. The fourth-order valence-electron chi connectivity index (χ4n) is 1.02. The molecule has 1 aromatic heterocycles. The lowest BCUT2D eigenvalue weighted by atomic mass is 10.4. The number of aromatic nitrogens is 2. The molecule has 1 saturated carbocycles. The third-order valence-electron chi connectivity index (χ3n) is 2.02.